The van der Waals surface area contributed by atoms with Crippen LogP contribution in [0.25, 0.3) is 0 Å². The second-order valence-corrected chi connectivity index (χ2v) is 6.87. The molecule has 6 nitrogen and oxygen atoms in total. The van der Waals surface area contributed by atoms with Crippen LogP contribution < -0.4 is 10.5 Å². The van der Waals surface area contributed by atoms with Crippen LogP contribution in [0.2, 0.25) is 0 Å². The lowest BCUT2D eigenvalue weighted by Crippen LogP contribution is -2.28. The lowest BCUT2D eigenvalue weighted by molar-refractivity contribution is 0.334. The van der Waals surface area contributed by atoms with E-state index >= 15 is 0 Å². The number of rotatable bonds is 7. The van der Waals surface area contributed by atoms with Crippen LogP contribution in [0, 0.1) is 6.92 Å². The summed E-state index contributed by atoms with van der Waals surface area (Å²) in [6.07, 6.45) is 3.32. The van der Waals surface area contributed by atoms with Gasteiger partial charge in [0.05, 0.1) is 6.54 Å². The molecule has 1 fully saturated rings. The highest BCUT2D eigenvalue weighted by molar-refractivity contribution is 7.89. The monoisotopic (exact) mass is 301 g/mol. The predicted octanol–water partition coefficient (Wildman–Crippen LogP) is 0.811. The molecule has 0 radical (unpaired) electrons. The van der Waals surface area contributed by atoms with Gasteiger partial charge in [-0.15, -0.1) is 0 Å². The van der Waals surface area contributed by atoms with Crippen molar-refractivity contribution in [3.8, 4) is 0 Å². The van der Waals surface area contributed by atoms with E-state index in [-0.39, 0.29) is 11.4 Å². The third-order valence-electron chi connectivity index (χ3n) is 3.56. The van der Waals surface area contributed by atoms with Crippen molar-refractivity contribution in [3.05, 3.63) is 17.6 Å². The van der Waals surface area contributed by atoms with Crippen LogP contribution in [0.5, 0.6) is 0 Å². The minimum absolute atomic E-state index is 0.194. The summed E-state index contributed by atoms with van der Waals surface area (Å²) in [5.74, 6) is 0.873. The molecule has 1 saturated heterocycles. The van der Waals surface area contributed by atoms with Crippen molar-refractivity contribution >= 4 is 10.0 Å². The Morgan fingerprint density at radius 1 is 1.40 bits per heavy atom. The van der Waals surface area contributed by atoms with Crippen molar-refractivity contribution < 1.29 is 12.8 Å². The van der Waals surface area contributed by atoms with Crippen LogP contribution in [0.1, 0.15) is 30.8 Å². The molecule has 2 rings (SSSR count). The number of aryl methyl sites for hydroxylation is 1. The molecule has 0 aromatic carbocycles. The molecule has 0 unspecified atom stereocenters. The molecule has 0 atom stereocenters. The Morgan fingerprint density at radius 3 is 2.70 bits per heavy atom. The summed E-state index contributed by atoms with van der Waals surface area (Å²) in [5, 5.41) is 0. The number of hydrogen-bond donors (Lipinski definition) is 2. The average Bonchev–Trinajstić information content (AvgIpc) is 3.04. The first-order chi connectivity index (χ1) is 9.53. The van der Waals surface area contributed by atoms with Gasteiger partial charge in [-0.25, -0.2) is 13.1 Å². The van der Waals surface area contributed by atoms with Gasteiger partial charge in [0.2, 0.25) is 10.0 Å². The molecule has 1 aliphatic heterocycles. The molecule has 1 aromatic rings. The first-order valence-electron chi connectivity index (χ1n) is 7.04. The van der Waals surface area contributed by atoms with Gasteiger partial charge in [0.25, 0.3) is 0 Å². The van der Waals surface area contributed by atoms with E-state index in [0.717, 1.165) is 26.1 Å². The third kappa shape index (κ3) is 3.82. The lowest BCUT2D eigenvalue weighted by Gasteiger charge is -2.14. The first kappa shape index (κ1) is 15.5. The quantitative estimate of drug-likeness (QED) is 0.728. The smallest absolute Gasteiger partial charge is 0.244 e. The van der Waals surface area contributed by atoms with Crippen LogP contribution >= 0.6 is 0 Å². The minimum Gasteiger partial charge on any atom is -0.464 e. The van der Waals surface area contributed by atoms with Crippen LogP contribution in [-0.2, 0) is 16.6 Å². The Balaban J connectivity index is 1.85. The highest BCUT2D eigenvalue weighted by Gasteiger charge is 2.20. The van der Waals surface area contributed by atoms with Crippen molar-refractivity contribution in [2.45, 2.75) is 37.6 Å². The maximum absolute atomic E-state index is 12.2. The molecule has 1 aliphatic rings. The summed E-state index contributed by atoms with van der Waals surface area (Å²) < 4.78 is 32.2. The van der Waals surface area contributed by atoms with Gasteiger partial charge in [-0.1, -0.05) is 0 Å². The maximum Gasteiger partial charge on any atom is 0.244 e. The number of furan rings is 1. The van der Waals surface area contributed by atoms with Gasteiger partial charge in [-0.2, -0.15) is 0 Å². The van der Waals surface area contributed by atoms with Gasteiger partial charge in [0.15, 0.2) is 0 Å². The topological polar surface area (TPSA) is 88.6 Å². The van der Waals surface area contributed by atoms with E-state index in [1.54, 1.807) is 6.92 Å². The van der Waals surface area contributed by atoms with Crippen LogP contribution in [0.3, 0.4) is 0 Å². The van der Waals surface area contributed by atoms with Crippen molar-refractivity contribution in [2.75, 3.05) is 26.2 Å². The molecule has 0 bridgehead atoms. The summed E-state index contributed by atoms with van der Waals surface area (Å²) in [6.45, 7) is 5.49. The highest BCUT2D eigenvalue weighted by Crippen LogP contribution is 2.19. The number of nitrogens with one attached hydrogen (secondary N) is 1. The van der Waals surface area contributed by atoms with Crippen LogP contribution in [-0.4, -0.2) is 39.5 Å². The summed E-state index contributed by atoms with van der Waals surface area (Å²) in [5.41, 5.74) is 5.45. The molecule has 7 heteroatoms. The molecule has 0 spiro atoms. The van der Waals surface area contributed by atoms with Gasteiger partial charge in [0.1, 0.15) is 16.4 Å². The highest BCUT2D eigenvalue weighted by atomic mass is 32.2. The van der Waals surface area contributed by atoms with Crippen LogP contribution in [0.15, 0.2) is 15.4 Å². The standard InChI is InChI=1S/C13H23N3O3S/c1-11-13(9-12(10-14)19-11)20(17,18)15-5-4-8-16-6-2-3-7-16/h9,15H,2-8,10,14H2,1H3. The largest absolute Gasteiger partial charge is 0.464 e. The normalized spacial score (nSPS) is 16.9. The number of nitrogens with two attached hydrogens (primary N) is 1. The Kier molecular flexibility index (Phi) is 5.20. The van der Waals surface area contributed by atoms with E-state index in [1.807, 2.05) is 0 Å². The minimum atomic E-state index is -3.49. The third-order valence-corrected chi connectivity index (χ3v) is 5.12. The van der Waals surface area contributed by atoms with E-state index in [4.69, 9.17) is 10.2 Å². The molecule has 3 N–H and O–H groups in total. The van der Waals surface area contributed by atoms with Crippen molar-refractivity contribution in [2.24, 2.45) is 5.73 Å². The molecule has 114 valence electrons. The van der Waals surface area contributed by atoms with Gasteiger partial charge in [0, 0.05) is 12.6 Å². The molecule has 20 heavy (non-hydrogen) atoms. The Morgan fingerprint density at radius 2 is 2.10 bits per heavy atom. The maximum atomic E-state index is 12.2. The van der Waals surface area contributed by atoms with Gasteiger partial charge >= 0.3 is 0 Å². The van der Waals surface area contributed by atoms with Crippen molar-refractivity contribution in [1.82, 2.24) is 9.62 Å². The summed E-state index contributed by atoms with van der Waals surface area (Å²) in [7, 11) is -3.49. The number of nitrogens with zero attached hydrogens (tertiary/aromatic N) is 1. The number of likely N-dealkylation sites (tertiary alicyclic amines) is 1. The first-order valence-corrected chi connectivity index (χ1v) is 8.52. The Bertz CT molecular complexity index is 533. The van der Waals surface area contributed by atoms with E-state index in [9.17, 15) is 8.42 Å². The number of sulfonamides is 1. The summed E-state index contributed by atoms with van der Waals surface area (Å²) >= 11 is 0. The molecule has 0 aliphatic carbocycles. The van der Waals surface area contributed by atoms with Gasteiger partial charge in [-0.3, -0.25) is 0 Å². The second kappa shape index (κ2) is 6.71. The molecule has 1 aromatic heterocycles. The SMILES string of the molecule is Cc1oc(CN)cc1S(=O)(=O)NCCCN1CCCC1. The zero-order valence-electron chi connectivity index (χ0n) is 11.9. The van der Waals surface area contributed by atoms with Gasteiger partial charge < -0.3 is 15.1 Å². The number of hydrogen-bond acceptors (Lipinski definition) is 5. The Hall–Kier alpha value is -0.890. The molecular weight excluding hydrogens is 278 g/mol. The fourth-order valence-electron chi connectivity index (χ4n) is 2.48. The molecule has 2 heterocycles. The van der Waals surface area contributed by atoms with E-state index in [2.05, 4.69) is 9.62 Å². The van der Waals surface area contributed by atoms with Crippen molar-refractivity contribution in [3.63, 3.8) is 0 Å². The fourth-order valence-corrected chi connectivity index (χ4v) is 3.76. The average molecular weight is 301 g/mol. The van der Waals surface area contributed by atoms with E-state index in [1.165, 1.54) is 18.9 Å². The van der Waals surface area contributed by atoms with Gasteiger partial charge in [-0.05, 0) is 45.8 Å². The summed E-state index contributed by atoms with van der Waals surface area (Å²) in [6, 6.07) is 1.50. The zero-order valence-corrected chi connectivity index (χ0v) is 12.7. The van der Waals surface area contributed by atoms with Crippen LogP contribution in [0.4, 0.5) is 0 Å². The molecule has 0 amide bonds. The van der Waals surface area contributed by atoms with Crippen molar-refractivity contribution in [1.29, 1.82) is 0 Å². The lowest BCUT2D eigenvalue weighted by atomic mass is 10.4. The Labute approximate surface area is 120 Å². The zero-order chi connectivity index (χ0) is 14.6. The van der Waals surface area contributed by atoms with E-state index < -0.39 is 10.0 Å². The second-order valence-electron chi connectivity index (χ2n) is 5.14. The molecule has 0 saturated carbocycles. The fraction of sp³-hybridized carbons (Fsp3) is 0.692. The molecular formula is C13H23N3O3S. The van der Waals surface area contributed by atoms with E-state index in [0.29, 0.717) is 18.1 Å². The summed E-state index contributed by atoms with van der Waals surface area (Å²) in [4.78, 5) is 2.56. The predicted molar refractivity (Wildman–Crippen MR) is 76.8 cm³/mol.